The summed E-state index contributed by atoms with van der Waals surface area (Å²) >= 11 is 0. The molecule has 0 bridgehead atoms. The summed E-state index contributed by atoms with van der Waals surface area (Å²) in [6.45, 7) is 0. The van der Waals surface area contributed by atoms with Gasteiger partial charge in [-0.05, 0) is 30.3 Å². The Labute approximate surface area is 118 Å². The largest absolute Gasteiger partial charge is 0.359 e. The van der Waals surface area contributed by atoms with Crippen LogP contribution in [0.15, 0.2) is 61.1 Å². The second-order valence-corrected chi connectivity index (χ2v) is 3.70. The molecular weight excluding hydrogens is 311 g/mol. The summed E-state index contributed by atoms with van der Waals surface area (Å²) in [6, 6.07) is 13.8. The Morgan fingerprint density at radius 1 is 0.778 bits per heavy atom. The van der Waals surface area contributed by atoms with Gasteiger partial charge in [0.15, 0.2) is 0 Å². The standard InChI is InChI=1S/C14H11N3.Ru/c1-3-8-15-12(5-1)11-7-10-17-14(11)13-6-2-4-9-16-13;/h1-10,17H;. The minimum Gasteiger partial charge on any atom is -0.359 e. The predicted molar refractivity (Wildman–Crippen MR) is 67.3 cm³/mol. The Kier molecular flexibility index (Phi) is 4.01. The smallest absolute Gasteiger partial charge is 0.0871 e. The van der Waals surface area contributed by atoms with E-state index < -0.39 is 0 Å². The second-order valence-electron chi connectivity index (χ2n) is 3.70. The van der Waals surface area contributed by atoms with Crippen LogP contribution in [0.1, 0.15) is 0 Å². The van der Waals surface area contributed by atoms with Crippen LogP contribution in [0.2, 0.25) is 0 Å². The number of pyridine rings is 2. The fourth-order valence-electron chi connectivity index (χ4n) is 1.83. The van der Waals surface area contributed by atoms with Crippen LogP contribution in [0, 0.1) is 0 Å². The van der Waals surface area contributed by atoms with Gasteiger partial charge in [-0.1, -0.05) is 12.1 Å². The molecule has 0 radical (unpaired) electrons. The van der Waals surface area contributed by atoms with E-state index in [-0.39, 0.29) is 19.5 Å². The van der Waals surface area contributed by atoms with Gasteiger partial charge in [0.25, 0.3) is 0 Å². The number of nitrogens with zero attached hydrogens (tertiary/aromatic N) is 2. The van der Waals surface area contributed by atoms with E-state index in [0.717, 1.165) is 22.6 Å². The van der Waals surface area contributed by atoms with Crippen LogP contribution in [0.4, 0.5) is 0 Å². The van der Waals surface area contributed by atoms with E-state index in [1.807, 2.05) is 48.7 Å². The molecule has 0 spiro atoms. The number of hydrogen-bond acceptors (Lipinski definition) is 2. The van der Waals surface area contributed by atoms with Gasteiger partial charge in [0.05, 0.1) is 17.1 Å². The third kappa shape index (κ3) is 2.39. The first-order valence-corrected chi connectivity index (χ1v) is 5.45. The van der Waals surface area contributed by atoms with Gasteiger partial charge in [-0.15, -0.1) is 0 Å². The number of hydrogen-bond donors (Lipinski definition) is 1. The molecule has 0 unspecified atom stereocenters. The zero-order valence-corrected chi connectivity index (χ0v) is 11.3. The van der Waals surface area contributed by atoms with Gasteiger partial charge < -0.3 is 4.98 Å². The molecule has 3 aromatic rings. The van der Waals surface area contributed by atoms with Crippen LogP contribution in [-0.2, 0) is 19.5 Å². The molecule has 0 fully saturated rings. The molecule has 0 aliphatic rings. The average molecular weight is 322 g/mol. The van der Waals surface area contributed by atoms with Gasteiger partial charge in [0.2, 0.25) is 0 Å². The van der Waals surface area contributed by atoms with Crippen molar-refractivity contribution in [1.82, 2.24) is 15.0 Å². The van der Waals surface area contributed by atoms with Crippen molar-refractivity contribution < 1.29 is 19.5 Å². The summed E-state index contributed by atoms with van der Waals surface area (Å²) in [6.07, 6.45) is 5.50. The zero-order chi connectivity index (χ0) is 11.5. The first-order chi connectivity index (χ1) is 8.45. The van der Waals surface area contributed by atoms with Gasteiger partial charge >= 0.3 is 0 Å². The molecule has 18 heavy (non-hydrogen) atoms. The van der Waals surface area contributed by atoms with E-state index in [9.17, 15) is 0 Å². The van der Waals surface area contributed by atoms with Gasteiger partial charge in [-0.3, -0.25) is 9.97 Å². The molecule has 0 aliphatic heterocycles. The zero-order valence-electron chi connectivity index (χ0n) is 9.52. The van der Waals surface area contributed by atoms with E-state index in [4.69, 9.17) is 0 Å². The van der Waals surface area contributed by atoms with E-state index in [2.05, 4.69) is 15.0 Å². The molecule has 1 N–H and O–H groups in total. The van der Waals surface area contributed by atoms with Crippen molar-refractivity contribution in [2.45, 2.75) is 0 Å². The minimum absolute atomic E-state index is 0. The minimum atomic E-state index is 0. The number of aromatic nitrogens is 3. The van der Waals surface area contributed by atoms with Crippen LogP contribution < -0.4 is 0 Å². The number of H-pyrrole nitrogens is 1. The monoisotopic (exact) mass is 323 g/mol. The maximum absolute atomic E-state index is 4.36. The molecule has 3 heterocycles. The molecule has 0 saturated carbocycles. The van der Waals surface area contributed by atoms with Crippen molar-refractivity contribution in [3.8, 4) is 22.6 Å². The molecular formula is C14H11N3Ru. The molecule has 4 heteroatoms. The Hall–Kier alpha value is -1.80. The van der Waals surface area contributed by atoms with Crippen molar-refractivity contribution in [3.63, 3.8) is 0 Å². The van der Waals surface area contributed by atoms with Crippen molar-refractivity contribution in [3.05, 3.63) is 61.1 Å². The van der Waals surface area contributed by atoms with Crippen LogP contribution in [0.3, 0.4) is 0 Å². The molecule has 0 saturated heterocycles. The number of nitrogens with one attached hydrogen (secondary N) is 1. The molecule has 0 amide bonds. The summed E-state index contributed by atoms with van der Waals surface area (Å²) in [5.41, 5.74) is 3.96. The van der Waals surface area contributed by atoms with E-state index in [1.165, 1.54) is 0 Å². The summed E-state index contributed by atoms with van der Waals surface area (Å²) in [5, 5.41) is 0. The molecule has 3 nitrogen and oxygen atoms in total. The Balaban J connectivity index is 0.00000120. The van der Waals surface area contributed by atoms with E-state index >= 15 is 0 Å². The van der Waals surface area contributed by atoms with Crippen LogP contribution >= 0.6 is 0 Å². The van der Waals surface area contributed by atoms with Gasteiger partial charge in [0, 0.05) is 43.6 Å². The van der Waals surface area contributed by atoms with Crippen molar-refractivity contribution in [1.29, 1.82) is 0 Å². The topological polar surface area (TPSA) is 41.6 Å². The summed E-state index contributed by atoms with van der Waals surface area (Å²) < 4.78 is 0. The summed E-state index contributed by atoms with van der Waals surface area (Å²) in [4.78, 5) is 11.9. The molecule has 0 aromatic carbocycles. The SMILES string of the molecule is [Ru].c1ccc(-c2cc[nH]c2-c2ccccn2)nc1. The van der Waals surface area contributed by atoms with Gasteiger partial charge in [-0.25, -0.2) is 0 Å². The Morgan fingerprint density at radius 3 is 2.06 bits per heavy atom. The molecule has 0 atom stereocenters. The average Bonchev–Trinajstić information content (AvgIpc) is 2.90. The quantitative estimate of drug-likeness (QED) is 0.737. The van der Waals surface area contributed by atoms with Crippen LogP contribution in [0.5, 0.6) is 0 Å². The molecule has 0 aliphatic carbocycles. The fourth-order valence-corrected chi connectivity index (χ4v) is 1.83. The maximum atomic E-state index is 4.36. The summed E-state index contributed by atoms with van der Waals surface area (Å²) in [7, 11) is 0. The Bertz CT molecular complexity index is 551. The molecule has 90 valence electrons. The van der Waals surface area contributed by atoms with Gasteiger partial charge in [-0.2, -0.15) is 0 Å². The fraction of sp³-hybridized carbons (Fsp3) is 0. The van der Waals surface area contributed by atoms with Crippen molar-refractivity contribution in [2.24, 2.45) is 0 Å². The van der Waals surface area contributed by atoms with Gasteiger partial charge in [0.1, 0.15) is 0 Å². The third-order valence-corrected chi connectivity index (χ3v) is 2.61. The van der Waals surface area contributed by atoms with E-state index in [0.29, 0.717) is 0 Å². The normalized spacial score (nSPS) is 9.78. The number of aromatic amines is 1. The third-order valence-electron chi connectivity index (χ3n) is 2.61. The second kappa shape index (κ2) is 5.70. The summed E-state index contributed by atoms with van der Waals surface area (Å²) in [5.74, 6) is 0. The van der Waals surface area contributed by atoms with Crippen LogP contribution in [0.25, 0.3) is 22.6 Å². The first kappa shape index (κ1) is 12.7. The predicted octanol–water partition coefficient (Wildman–Crippen LogP) is 3.14. The Morgan fingerprint density at radius 2 is 1.44 bits per heavy atom. The van der Waals surface area contributed by atoms with Crippen LogP contribution in [-0.4, -0.2) is 15.0 Å². The van der Waals surface area contributed by atoms with Crippen molar-refractivity contribution in [2.75, 3.05) is 0 Å². The number of rotatable bonds is 2. The molecule has 3 aromatic heterocycles. The molecule has 3 rings (SSSR count). The van der Waals surface area contributed by atoms with E-state index in [1.54, 1.807) is 12.4 Å². The first-order valence-electron chi connectivity index (χ1n) is 5.45. The van der Waals surface area contributed by atoms with Crippen molar-refractivity contribution >= 4 is 0 Å². The maximum Gasteiger partial charge on any atom is 0.0871 e.